The molecule has 5 heteroatoms. The average Bonchev–Trinajstić information content (AvgIpc) is 2.16. The van der Waals surface area contributed by atoms with Crippen LogP contribution in [0.5, 0.6) is 0 Å². The van der Waals surface area contributed by atoms with Crippen LogP contribution in [0.15, 0.2) is 18.3 Å². The molecule has 1 rings (SSSR count). The highest BCUT2D eigenvalue weighted by molar-refractivity contribution is 9.08. The maximum Gasteiger partial charge on any atom is 0.405 e. The molecule has 0 unspecified atom stereocenters. The molecule has 4 nitrogen and oxygen atoms in total. The van der Waals surface area contributed by atoms with Crippen molar-refractivity contribution < 1.29 is 9.90 Å². The van der Waals surface area contributed by atoms with Crippen LogP contribution in [0.3, 0.4) is 0 Å². The Bertz CT molecular complexity index is 363. The van der Waals surface area contributed by atoms with Crippen molar-refractivity contribution in [2.24, 2.45) is 0 Å². The number of rotatable bonds is 4. The first-order valence-corrected chi connectivity index (χ1v) is 6.06. The summed E-state index contributed by atoms with van der Waals surface area (Å²) in [7, 11) is 0. The molecule has 0 fully saturated rings. The van der Waals surface area contributed by atoms with Crippen molar-refractivity contribution in [3.05, 3.63) is 29.6 Å². The van der Waals surface area contributed by atoms with Gasteiger partial charge in [0.1, 0.15) is 0 Å². The van der Waals surface area contributed by atoms with Crippen LogP contribution in [0.1, 0.15) is 25.1 Å². The minimum absolute atomic E-state index is 0.505. The number of nitrogens with one attached hydrogen (secondary N) is 1. The van der Waals surface area contributed by atoms with E-state index in [1.54, 1.807) is 6.20 Å². The van der Waals surface area contributed by atoms with Gasteiger partial charge >= 0.3 is 6.09 Å². The summed E-state index contributed by atoms with van der Waals surface area (Å²) >= 11 is 3.35. The Morgan fingerprint density at radius 2 is 2.25 bits per heavy atom. The normalized spacial score (nSPS) is 11.2. The number of amides is 1. The SMILES string of the molecule is CC(C)(Cc1ccc(CBr)cn1)NC(=O)O. The van der Waals surface area contributed by atoms with E-state index in [4.69, 9.17) is 5.11 Å². The van der Waals surface area contributed by atoms with Gasteiger partial charge < -0.3 is 10.4 Å². The van der Waals surface area contributed by atoms with Crippen molar-refractivity contribution in [2.75, 3.05) is 0 Å². The zero-order valence-corrected chi connectivity index (χ0v) is 10.9. The highest BCUT2D eigenvalue weighted by Gasteiger charge is 2.21. The molecule has 0 aliphatic carbocycles. The third-order valence-corrected chi connectivity index (χ3v) is 2.76. The lowest BCUT2D eigenvalue weighted by atomic mass is 9.98. The molecule has 0 saturated heterocycles. The predicted molar refractivity (Wildman–Crippen MR) is 65.8 cm³/mol. The largest absolute Gasteiger partial charge is 0.465 e. The minimum Gasteiger partial charge on any atom is -0.465 e. The molecular weight excluding hydrogens is 272 g/mol. The van der Waals surface area contributed by atoms with Gasteiger partial charge in [0.15, 0.2) is 0 Å². The molecular formula is C11H15BrN2O2. The second kappa shape index (κ2) is 5.30. The van der Waals surface area contributed by atoms with Gasteiger partial charge in [0.05, 0.1) is 0 Å². The second-order valence-electron chi connectivity index (χ2n) is 4.28. The zero-order chi connectivity index (χ0) is 12.2. The zero-order valence-electron chi connectivity index (χ0n) is 9.33. The maximum atomic E-state index is 10.6. The van der Waals surface area contributed by atoms with Crippen molar-refractivity contribution >= 4 is 22.0 Å². The summed E-state index contributed by atoms with van der Waals surface area (Å²) in [5.41, 5.74) is 1.48. The van der Waals surface area contributed by atoms with Crippen LogP contribution >= 0.6 is 15.9 Å². The van der Waals surface area contributed by atoms with Crippen LogP contribution in [0, 0.1) is 0 Å². The number of carboxylic acid groups (broad SMARTS) is 1. The van der Waals surface area contributed by atoms with Crippen molar-refractivity contribution in [3.8, 4) is 0 Å². The first-order valence-electron chi connectivity index (χ1n) is 4.94. The maximum absolute atomic E-state index is 10.6. The van der Waals surface area contributed by atoms with Gasteiger partial charge in [-0.15, -0.1) is 0 Å². The Morgan fingerprint density at radius 3 is 2.69 bits per heavy atom. The lowest BCUT2D eigenvalue weighted by Crippen LogP contribution is -2.44. The Balaban J connectivity index is 2.68. The number of nitrogens with zero attached hydrogens (tertiary/aromatic N) is 1. The van der Waals surface area contributed by atoms with E-state index in [1.807, 2.05) is 26.0 Å². The molecule has 0 aliphatic rings. The summed E-state index contributed by atoms with van der Waals surface area (Å²) in [5, 5.41) is 11.9. The van der Waals surface area contributed by atoms with Crippen molar-refractivity contribution in [3.63, 3.8) is 0 Å². The predicted octanol–water partition coefficient (Wildman–Crippen LogP) is 2.57. The molecule has 0 saturated carbocycles. The third kappa shape index (κ3) is 4.18. The van der Waals surface area contributed by atoms with Crippen LogP contribution in [0.4, 0.5) is 4.79 Å². The van der Waals surface area contributed by atoms with Gasteiger partial charge in [-0.3, -0.25) is 4.98 Å². The molecule has 2 N–H and O–H groups in total. The molecule has 16 heavy (non-hydrogen) atoms. The van der Waals surface area contributed by atoms with Crippen LogP contribution in [0.25, 0.3) is 0 Å². The summed E-state index contributed by atoms with van der Waals surface area (Å²) < 4.78 is 0. The molecule has 0 aromatic carbocycles. The standard InChI is InChI=1S/C11H15BrN2O2/c1-11(2,14-10(15)16)5-9-4-3-8(6-12)7-13-9/h3-4,7,14H,5-6H2,1-2H3,(H,15,16). The monoisotopic (exact) mass is 286 g/mol. The Hall–Kier alpha value is -1.10. The molecule has 1 aromatic rings. The lowest BCUT2D eigenvalue weighted by Gasteiger charge is -2.24. The van der Waals surface area contributed by atoms with Gasteiger partial charge in [-0.2, -0.15) is 0 Å². The summed E-state index contributed by atoms with van der Waals surface area (Å²) in [6, 6.07) is 3.90. The van der Waals surface area contributed by atoms with Gasteiger partial charge in [-0.05, 0) is 25.5 Å². The fraction of sp³-hybridized carbons (Fsp3) is 0.455. The highest BCUT2D eigenvalue weighted by Crippen LogP contribution is 2.12. The number of halogens is 1. The van der Waals surface area contributed by atoms with Gasteiger partial charge in [-0.1, -0.05) is 22.0 Å². The fourth-order valence-corrected chi connectivity index (χ4v) is 1.76. The Kier molecular flexibility index (Phi) is 4.29. The van der Waals surface area contributed by atoms with Crippen LogP contribution in [0.2, 0.25) is 0 Å². The van der Waals surface area contributed by atoms with Crippen molar-refractivity contribution in [1.29, 1.82) is 0 Å². The van der Waals surface area contributed by atoms with E-state index in [-0.39, 0.29) is 0 Å². The molecule has 0 radical (unpaired) electrons. The first kappa shape index (κ1) is 13.0. The summed E-state index contributed by atoms with van der Waals surface area (Å²) in [6.45, 7) is 3.67. The third-order valence-electron chi connectivity index (χ3n) is 2.11. The molecule has 1 heterocycles. The minimum atomic E-state index is -1.01. The summed E-state index contributed by atoms with van der Waals surface area (Å²) in [5.74, 6) is 0. The molecule has 1 amide bonds. The highest BCUT2D eigenvalue weighted by atomic mass is 79.9. The van der Waals surface area contributed by atoms with Crippen LogP contribution in [-0.2, 0) is 11.8 Å². The lowest BCUT2D eigenvalue weighted by molar-refractivity contribution is 0.182. The van der Waals surface area contributed by atoms with E-state index < -0.39 is 11.6 Å². The first-order chi connectivity index (χ1) is 7.43. The van der Waals surface area contributed by atoms with E-state index in [9.17, 15) is 4.79 Å². The number of carbonyl (C=O) groups is 1. The van der Waals surface area contributed by atoms with E-state index in [2.05, 4.69) is 26.2 Å². The van der Waals surface area contributed by atoms with Gasteiger partial charge in [0, 0.05) is 29.2 Å². The molecule has 0 aliphatic heterocycles. The second-order valence-corrected chi connectivity index (χ2v) is 4.84. The summed E-state index contributed by atoms with van der Waals surface area (Å²) in [6.07, 6.45) is 1.35. The summed E-state index contributed by atoms with van der Waals surface area (Å²) in [4.78, 5) is 14.8. The van der Waals surface area contributed by atoms with Crippen molar-refractivity contribution in [1.82, 2.24) is 10.3 Å². The Labute approximate surface area is 103 Å². The number of hydrogen-bond acceptors (Lipinski definition) is 2. The molecule has 0 bridgehead atoms. The van der Waals surface area contributed by atoms with E-state index in [0.29, 0.717) is 6.42 Å². The van der Waals surface area contributed by atoms with Gasteiger partial charge in [0.25, 0.3) is 0 Å². The van der Waals surface area contributed by atoms with E-state index >= 15 is 0 Å². The average molecular weight is 287 g/mol. The van der Waals surface area contributed by atoms with E-state index in [1.165, 1.54) is 0 Å². The smallest absolute Gasteiger partial charge is 0.405 e. The van der Waals surface area contributed by atoms with Crippen LogP contribution < -0.4 is 5.32 Å². The van der Waals surface area contributed by atoms with Crippen molar-refractivity contribution in [2.45, 2.75) is 31.1 Å². The molecule has 0 spiro atoms. The van der Waals surface area contributed by atoms with Crippen LogP contribution in [-0.4, -0.2) is 21.7 Å². The quantitative estimate of drug-likeness (QED) is 0.837. The van der Waals surface area contributed by atoms with Gasteiger partial charge in [-0.25, -0.2) is 4.79 Å². The number of pyridine rings is 1. The van der Waals surface area contributed by atoms with E-state index in [0.717, 1.165) is 16.6 Å². The van der Waals surface area contributed by atoms with Gasteiger partial charge in [0.2, 0.25) is 0 Å². The fourth-order valence-electron chi connectivity index (χ4n) is 1.43. The number of alkyl halides is 1. The Morgan fingerprint density at radius 1 is 1.56 bits per heavy atom. The molecule has 88 valence electrons. The number of hydrogen-bond donors (Lipinski definition) is 2. The molecule has 1 aromatic heterocycles. The topological polar surface area (TPSA) is 62.2 Å². The number of aromatic nitrogens is 1. The molecule has 0 atom stereocenters.